The first-order valence-corrected chi connectivity index (χ1v) is 4.06. The van der Waals surface area contributed by atoms with Crippen molar-refractivity contribution in [3.8, 4) is 5.75 Å². The summed E-state index contributed by atoms with van der Waals surface area (Å²) in [4.78, 5) is 11.1. The summed E-state index contributed by atoms with van der Waals surface area (Å²) >= 11 is 0. The van der Waals surface area contributed by atoms with Crippen LogP contribution in [0.4, 0.5) is 14.5 Å². The van der Waals surface area contributed by atoms with Crippen LogP contribution in [0.2, 0.25) is 0 Å². The molecule has 80 valence electrons. The van der Waals surface area contributed by atoms with Gasteiger partial charge in [-0.05, 0) is 6.92 Å². The molecule has 0 saturated carbocycles. The van der Waals surface area contributed by atoms with Crippen molar-refractivity contribution in [3.05, 3.63) is 35.9 Å². The Morgan fingerprint density at radius 3 is 2.27 bits per heavy atom. The molecule has 0 radical (unpaired) electrons. The maximum atomic E-state index is 12.8. The van der Waals surface area contributed by atoms with E-state index >= 15 is 0 Å². The van der Waals surface area contributed by atoms with E-state index in [1.54, 1.807) is 0 Å². The maximum absolute atomic E-state index is 12.8. The molecule has 0 heterocycles. The number of aromatic hydroxyl groups is 1. The quantitative estimate of drug-likeness (QED) is 0.584. The van der Waals surface area contributed by atoms with Crippen molar-refractivity contribution in [1.82, 2.24) is 0 Å². The lowest BCUT2D eigenvalue weighted by molar-refractivity contribution is -0.112. The van der Waals surface area contributed by atoms with Crippen LogP contribution in [0.3, 0.4) is 0 Å². The van der Waals surface area contributed by atoms with Crippen LogP contribution < -0.4 is 5.32 Å². The lowest BCUT2D eigenvalue weighted by atomic mass is 10.2. The van der Waals surface area contributed by atoms with E-state index in [4.69, 9.17) is 5.11 Å². The minimum Gasteiger partial charge on any atom is -0.503 e. The number of carbonyl (C=O) groups is 1. The first kappa shape index (κ1) is 11.2. The average molecular weight is 213 g/mol. The van der Waals surface area contributed by atoms with E-state index in [0.29, 0.717) is 0 Å². The smallest absolute Gasteiger partial charge is 0.250 e. The number of anilines is 1. The first-order chi connectivity index (χ1) is 6.91. The lowest BCUT2D eigenvalue weighted by Gasteiger charge is -2.06. The molecule has 2 N–H and O–H groups in total. The molecule has 0 bridgehead atoms. The molecule has 0 unspecified atom stereocenters. The molecule has 0 spiro atoms. The van der Waals surface area contributed by atoms with Crippen LogP contribution >= 0.6 is 0 Å². The molecular weight excluding hydrogens is 204 g/mol. The minimum absolute atomic E-state index is 0.0733. The highest BCUT2D eigenvalue weighted by Gasteiger charge is 2.11. The highest BCUT2D eigenvalue weighted by Crippen LogP contribution is 2.24. The Bertz CT molecular complexity index is 406. The van der Waals surface area contributed by atoms with E-state index in [0.717, 1.165) is 12.1 Å². The number of benzene rings is 1. The van der Waals surface area contributed by atoms with Gasteiger partial charge >= 0.3 is 0 Å². The Balaban J connectivity index is 2.98. The fraction of sp³-hybridized carbons (Fsp3) is 0.100. The Hall–Kier alpha value is -1.91. The molecule has 0 aliphatic carbocycles. The highest BCUT2D eigenvalue weighted by atomic mass is 19.1. The van der Waals surface area contributed by atoms with Crippen molar-refractivity contribution in [2.45, 2.75) is 6.92 Å². The minimum atomic E-state index is -1.13. The molecule has 1 rings (SSSR count). The molecule has 0 aliphatic heterocycles. The van der Waals surface area contributed by atoms with Crippen molar-refractivity contribution < 1.29 is 18.7 Å². The molecule has 0 saturated heterocycles. The molecule has 1 aromatic rings. The van der Waals surface area contributed by atoms with Crippen molar-refractivity contribution in [2.24, 2.45) is 0 Å². The Morgan fingerprint density at radius 2 is 1.87 bits per heavy atom. The van der Waals surface area contributed by atoms with Crippen molar-refractivity contribution in [3.63, 3.8) is 0 Å². The van der Waals surface area contributed by atoms with Crippen molar-refractivity contribution in [1.29, 1.82) is 0 Å². The van der Waals surface area contributed by atoms with Gasteiger partial charge in [-0.1, -0.05) is 6.58 Å². The zero-order chi connectivity index (χ0) is 11.6. The molecule has 1 aromatic carbocycles. The van der Waals surface area contributed by atoms with Gasteiger partial charge in [0, 0.05) is 23.4 Å². The molecule has 3 nitrogen and oxygen atoms in total. The molecule has 0 atom stereocenters. The zero-order valence-corrected chi connectivity index (χ0v) is 7.97. The fourth-order valence-corrected chi connectivity index (χ4v) is 0.875. The second-order valence-electron chi connectivity index (χ2n) is 3.02. The summed E-state index contributed by atoms with van der Waals surface area (Å²) in [6.07, 6.45) is 0. The Morgan fingerprint density at radius 1 is 1.40 bits per heavy atom. The van der Waals surface area contributed by atoms with E-state index in [-0.39, 0.29) is 11.3 Å². The van der Waals surface area contributed by atoms with E-state index in [1.807, 2.05) is 0 Å². The molecule has 0 fully saturated rings. The summed E-state index contributed by atoms with van der Waals surface area (Å²) in [5, 5.41) is 11.0. The fourth-order valence-electron chi connectivity index (χ4n) is 0.875. The van der Waals surface area contributed by atoms with Crippen LogP contribution in [-0.4, -0.2) is 11.0 Å². The van der Waals surface area contributed by atoms with Gasteiger partial charge in [0.15, 0.2) is 17.4 Å². The van der Waals surface area contributed by atoms with Crippen LogP contribution in [0.1, 0.15) is 6.92 Å². The van der Waals surface area contributed by atoms with Crippen LogP contribution in [0.25, 0.3) is 0 Å². The number of nitrogens with one attached hydrogen (secondary N) is 1. The topological polar surface area (TPSA) is 49.3 Å². The summed E-state index contributed by atoms with van der Waals surface area (Å²) in [5.74, 6) is -3.87. The molecule has 0 aliphatic rings. The van der Waals surface area contributed by atoms with Gasteiger partial charge in [0.1, 0.15) is 0 Å². The summed E-state index contributed by atoms with van der Waals surface area (Å²) in [5.41, 5.74) is 0.139. The van der Waals surface area contributed by atoms with E-state index in [1.165, 1.54) is 6.92 Å². The van der Waals surface area contributed by atoms with Gasteiger partial charge in [0.05, 0.1) is 0 Å². The van der Waals surface area contributed by atoms with Gasteiger partial charge in [-0.3, -0.25) is 4.79 Å². The number of rotatable bonds is 2. The van der Waals surface area contributed by atoms with Crippen LogP contribution in [0, 0.1) is 11.6 Å². The standard InChI is InChI=1S/C10H9F2NO2/c1-5(2)10(15)13-6-3-7(11)9(14)8(12)4-6/h3-4,14H,1H2,2H3,(H,13,15). The number of amides is 1. The van der Waals surface area contributed by atoms with Gasteiger partial charge in [-0.15, -0.1) is 0 Å². The number of halogens is 2. The van der Waals surface area contributed by atoms with Crippen LogP contribution in [-0.2, 0) is 4.79 Å². The largest absolute Gasteiger partial charge is 0.503 e. The van der Waals surface area contributed by atoms with E-state index < -0.39 is 23.3 Å². The number of hydrogen-bond donors (Lipinski definition) is 2. The normalized spacial score (nSPS) is 9.80. The maximum Gasteiger partial charge on any atom is 0.250 e. The van der Waals surface area contributed by atoms with Crippen LogP contribution in [0.15, 0.2) is 24.3 Å². The van der Waals surface area contributed by atoms with Gasteiger partial charge in [-0.2, -0.15) is 0 Å². The highest BCUT2D eigenvalue weighted by molar-refractivity contribution is 6.02. The molecule has 5 heteroatoms. The van der Waals surface area contributed by atoms with Gasteiger partial charge in [-0.25, -0.2) is 8.78 Å². The second kappa shape index (κ2) is 4.08. The number of phenols is 1. The monoisotopic (exact) mass is 213 g/mol. The van der Waals surface area contributed by atoms with Gasteiger partial charge in [0.25, 0.3) is 5.91 Å². The molecule has 0 aromatic heterocycles. The third kappa shape index (κ3) is 2.52. The SMILES string of the molecule is C=C(C)C(=O)Nc1cc(F)c(O)c(F)c1. The summed E-state index contributed by atoms with van der Waals surface area (Å²) in [6, 6.07) is 1.64. The van der Waals surface area contributed by atoms with E-state index in [2.05, 4.69) is 11.9 Å². The van der Waals surface area contributed by atoms with Crippen LogP contribution in [0.5, 0.6) is 5.75 Å². The Labute approximate surface area is 85.0 Å². The van der Waals surface area contributed by atoms with Gasteiger partial charge < -0.3 is 10.4 Å². The molecular formula is C10H9F2NO2. The lowest BCUT2D eigenvalue weighted by Crippen LogP contribution is -2.12. The third-order valence-corrected chi connectivity index (χ3v) is 1.66. The Kier molecular flexibility index (Phi) is 3.04. The summed E-state index contributed by atoms with van der Waals surface area (Å²) in [6.45, 7) is 4.83. The molecule has 15 heavy (non-hydrogen) atoms. The summed E-state index contributed by atoms with van der Waals surface area (Å²) in [7, 11) is 0. The van der Waals surface area contributed by atoms with Crippen molar-refractivity contribution >= 4 is 11.6 Å². The van der Waals surface area contributed by atoms with E-state index in [9.17, 15) is 13.6 Å². The van der Waals surface area contributed by atoms with Gasteiger partial charge in [0.2, 0.25) is 0 Å². The predicted molar refractivity (Wildman–Crippen MR) is 51.5 cm³/mol. The number of carbonyl (C=O) groups excluding carboxylic acids is 1. The van der Waals surface area contributed by atoms with Crippen molar-refractivity contribution in [2.75, 3.05) is 5.32 Å². The second-order valence-corrected chi connectivity index (χ2v) is 3.02. The third-order valence-electron chi connectivity index (χ3n) is 1.66. The number of phenolic OH excluding ortho intramolecular Hbond substituents is 1. The predicted octanol–water partition coefficient (Wildman–Crippen LogP) is 2.18. The average Bonchev–Trinajstić information content (AvgIpc) is 2.13. The molecule has 1 amide bonds. The number of hydrogen-bond acceptors (Lipinski definition) is 2. The zero-order valence-electron chi connectivity index (χ0n) is 7.97. The first-order valence-electron chi connectivity index (χ1n) is 4.06. The summed E-state index contributed by atoms with van der Waals surface area (Å²) < 4.78 is 25.7.